The summed E-state index contributed by atoms with van der Waals surface area (Å²) < 4.78 is 16.3. The van der Waals surface area contributed by atoms with Gasteiger partial charge in [0.05, 0.1) is 6.42 Å². The lowest BCUT2D eigenvalue weighted by molar-refractivity contribution is -0.135. The second-order valence-electron chi connectivity index (χ2n) is 12.1. The molecule has 6 aromatic carbocycles. The maximum atomic E-state index is 12.2. The van der Waals surface area contributed by atoms with Crippen LogP contribution in [-0.4, -0.2) is 22.6 Å². The average Bonchev–Trinajstić information content (AvgIpc) is 3.67. The van der Waals surface area contributed by atoms with Crippen molar-refractivity contribution in [3.8, 4) is 32.4 Å². The van der Waals surface area contributed by atoms with Gasteiger partial charge in [-0.3, -0.25) is 9.59 Å². The number of benzene rings is 6. The summed E-state index contributed by atoms with van der Waals surface area (Å²) >= 11 is 6.68. The second kappa shape index (κ2) is 14.7. The highest BCUT2D eigenvalue weighted by Gasteiger charge is 2.26. The zero-order valence-electron chi connectivity index (χ0n) is 27.4. The Kier molecular flexibility index (Phi) is 9.75. The molecule has 0 radical (unpaired) electrons. The maximum Gasteiger partial charge on any atom is 0.312 e. The Labute approximate surface area is 317 Å². The topological polar surface area (TPSA) is 52.6 Å². The fourth-order valence-electron chi connectivity index (χ4n) is 6.62. The third-order valence-electron chi connectivity index (χ3n) is 8.92. The van der Waals surface area contributed by atoms with E-state index in [2.05, 4.69) is 141 Å². The van der Waals surface area contributed by atoms with Crippen molar-refractivity contribution in [1.29, 1.82) is 0 Å². The first-order chi connectivity index (χ1) is 25.0. The summed E-state index contributed by atoms with van der Waals surface area (Å²) in [6.45, 7) is 0. The Bertz CT molecular complexity index is 2570. The second-order valence-corrected chi connectivity index (χ2v) is 17.7. The number of fused-ring (bicyclic) bond motifs is 6. The van der Waals surface area contributed by atoms with Crippen LogP contribution in [0.15, 0.2) is 133 Å². The van der Waals surface area contributed by atoms with E-state index in [1.54, 1.807) is 0 Å². The van der Waals surface area contributed by atoms with Gasteiger partial charge in [0.1, 0.15) is 11.5 Å². The number of ether oxygens (including phenoxy) is 2. The Morgan fingerprint density at radius 2 is 0.902 bits per heavy atom. The molecule has 0 aliphatic heterocycles. The fraction of sp³-hybridized carbons (Fsp3) is 0.116. The summed E-state index contributed by atoms with van der Waals surface area (Å²) in [5.74, 6) is 0.692. The zero-order valence-corrected chi connectivity index (χ0v) is 32.2. The molecular formula is C43H32Br2O4S2+2. The highest BCUT2D eigenvalue weighted by atomic mass is 79.9. The summed E-state index contributed by atoms with van der Waals surface area (Å²) in [5, 5.41) is 6.40. The molecule has 8 aromatic rings. The van der Waals surface area contributed by atoms with Gasteiger partial charge in [-0.25, -0.2) is 0 Å². The van der Waals surface area contributed by atoms with Gasteiger partial charge in [-0.1, -0.05) is 56.1 Å². The van der Waals surface area contributed by atoms with Crippen LogP contribution in [-0.2, 0) is 9.59 Å². The van der Waals surface area contributed by atoms with Crippen LogP contribution in [0.2, 0.25) is 0 Å². The predicted octanol–water partition coefficient (Wildman–Crippen LogP) is 13.2. The molecule has 2 atom stereocenters. The lowest BCUT2D eigenvalue weighted by Crippen LogP contribution is -2.07. The minimum atomic E-state index is -0.268. The van der Waals surface area contributed by atoms with Gasteiger partial charge < -0.3 is 9.47 Å². The van der Waals surface area contributed by atoms with Gasteiger partial charge in [0, 0.05) is 83.8 Å². The van der Waals surface area contributed by atoms with Crippen LogP contribution < -0.4 is 9.47 Å². The summed E-state index contributed by atoms with van der Waals surface area (Å²) in [6, 6.07) is 47.1. The van der Waals surface area contributed by atoms with Crippen molar-refractivity contribution >= 4 is 105 Å². The Morgan fingerprint density at radius 1 is 0.471 bits per heavy atom. The molecule has 0 N–H and O–H groups in total. The number of hydrogen-bond donors (Lipinski definition) is 0. The lowest BCUT2D eigenvalue weighted by Gasteiger charge is -2.04. The highest BCUT2D eigenvalue weighted by molar-refractivity contribution is 9.09. The van der Waals surface area contributed by atoms with E-state index in [-0.39, 0.29) is 32.9 Å². The van der Waals surface area contributed by atoms with Gasteiger partial charge in [0.2, 0.25) is 0 Å². The number of hydrogen-bond acceptors (Lipinski definition) is 4. The molecule has 0 fully saturated rings. The van der Waals surface area contributed by atoms with Gasteiger partial charge in [0.15, 0.2) is 28.6 Å². The summed E-state index contributed by atoms with van der Waals surface area (Å²) in [7, 11) is -0.537. The van der Waals surface area contributed by atoms with E-state index in [1.165, 1.54) is 61.3 Å². The number of halogens is 2. The standard InChI is InChI=1S/C43H32Br2O4S2/c44-24-5-10-42(46)48-30-13-17-32(18-14-30)50-38-8-3-1-6-34(38)36-26-28(11-21-40(36)50)29-12-22-41-37(27-29)35-7-2-4-9-39(35)51(41)33-19-15-31(16-20-33)49-43(47)23-25-45/h1-4,6-9,11-22,26-27H,5,10,23-25H2/q+2. The highest BCUT2D eigenvalue weighted by Crippen LogP contribution is 2.51. The van der Waals surface area contributed by atoms with Crippen LogP contribution in [0.25, 0.3) is 61.3 Å². The van der Waals surface area contributed by atoms with Crippen molar-refractivity contribution in [1.82, 2.24) is 0 Å². The van der Waals surface area contributed by atoms with Gasteiger partial charge in [-0.15, -0.1) is 0 Å². The molecule has 0 aliphatic rings. The average molecular weight is 837 g/mol. The third-order valence-corrected chi connectivity index (χ3v) is 14.5. The number of carbonyl (C=O) groups is 2. The zero-order chi connectivity index (χ0) is 34.9. The fourth-order valence-corrected chi connectivity index (χ4v) is 11.9. The summed E-state index contributed by atoms with van der Waals surface area (Å²) in [4.78, 5) is 26.6. The molecule has 4 nitrogen and oxygen atoms in total. The molecule has 51 heavy (non-hydrogen) atoms. The Balaban J connectivity index is 1.17. The molecule has 2 unspecified atom stereocenters. The van der Waals surface area contributed by atoms with Crippen LogP contribution in [0.3, 0.4) is 0 Å². The van der Waals surface area contributed by atoms with E-state index in [4.69, 9.17) is 9.47 Å². The number of alkyl halides is 2. The normalized spacial score (nSPS) is 12.2. The van der Waals surface area contributed by atoms with Gasteiger partial charge in [-0.05, 0) is 102 Å². The minimum absolute atomic E-state index is 0.209. The number of rotatable bonds is 10. The van der Waals surface area contributed by atoms with Gasteiger partial charge in [-0.2, -0.15) is 0 Å². The summed E-state index contributed by atoms with van der Waals surface area (Å²) in [5.41, 5.74) is 2.36. The van der Waals surface area contributed by atoms with Crippen LogP contribution in [0, 0.1) is 0 Å². The number of carbonyl (C=O) groups excluding carboxylic acids is 2. The molecule has 0 spiro atoms. The lowest BCUT2D eigenvalue weighted by atomic mass is 10.0. The van der Waals surface area contributed by atoms with E-state index >= 15 is 0 Å². The van der Waals surface area contributed by atoms with Crippen molar-refractivity contribution in [2.24, 2.45) is 0 Å². The van der Waals surface area contributed by atoms with Gasteiger partial charge >= 0.3 is 11.9 Å². The Morgan fingerprint density at radius 3 is 1.35 bits per heavy atom. The van der Waals surface area contributed by atoms with E-state index in [1.807, 2.05) is 24.3 Å². The van der Waals surface area contributed by atoms with Crippen LogP contribution in [0.1, 0.15) is 19.3 Å². The monoisotopic (exact) mass is 834 g/mol. The van der Waals surface area contributed by atoms with Crippen LogP contribution in [0.4, 0.5) is 0 Å². The van der Waals surface area contributed by atoms with Crippen molar-refractivity contribution in [2.75, 3.05) is 10.7 Å². The van der Waals surface area contributed by atoms with Crippen molar-refractivity contribution < 1.29 is 19.1 Å². The molecule has 2 aromatic heterocycles. The van der Waals surface area contributed by atoms with Crippen molar-refractivity contribution in [3.63, 3.8) is 0 Å². The van der Waals surface area contributed by atoms with E-state index in [0.29, 0.717) is 29.7 Å². The molecule has 0 amide bonds. The maximum absolute atomic E-state index is 12.2. The first-order valence-corrected chi connectivity index (χ1v) is 21.4. The van der Waals surface area contributed by atoms with Crippen LogP contribution >= 0.6 is 52.8 Å². The van der Waals surface area contributed by atoms with Crippen LogP contribution in [0.5, 0.6) is 11.5 Å². The van der Waals surface area contributed by atoms with Crippen molar-refractivity contribution in [3.05, 3.63) is 133 Å². The molecule has 8 heteroatoms. The quantitative estimate of drug-likeness (QED) is 0.0596. The number of esters is 2. The smallest absolute Gasteiger partial charge is 0.312 e. The molecule has 0 saturated carbocycles. The third kappa shape index (κ3) is 6.62. The molecular weight excluding hydrogens is 804 g/mol. The Hall–Kier alpha value is -4.34. The van der Waals surface area contributed by atoms with E-state index in [0.717, 1.165) is 11.8 Å². The van der Waals surface area contributed by atoms with E-state index < -0.39 is 0 Å². The molecule has 252 valence electrons. The predicted molar refractivity (Wildman–Crippen MR) is 222 cm³/mol. The van der Waals surface area contributed by atoms with E-state index in [9.17, 15) is 9.59 Å². The molecule has 8 rings (SSSR count). The molecule has 0 aliphatic carbocycles. The first kappa shape index (κ1) is 33.8. The minimum Gasteiger partial charge on any atom is -0.427 e. The SMILES string of the molecule is O=C(CCBr)Oc1ccc(-[s+]2c3ccccc3c3cc(-c4ccc5c(c4)c4ccccc4[s+]5-c4ccc(OC(=O)CCCBr)cc4)ccc32)cc1. The molecule has 0 bridgehead atoms. The first-order valence-electron chi connectivity index (χ1n) is 16.7. The van der Waals surface area contributed by atoms with Gasteiger partial charge in [0.25, 0.3) is 0 Å². The summed E-state index contributed by atoms with van der Waals surface area (Å²) in [6.07, 6.45) is 1.48. The largest absolute Gasteiger partial charge is 0.427 e. The molecule has 2 heterocycles. The molecule has 0 saturated heterocycles. The van der Waals surface area contributed by atoms with Crippen molar-refractivity contribution in [2.45, 2.75) is 19.3 Å². The number of thiophene rings is 2.